The Morgan fingerprint density at radius 1 is 1.03 bits per heavy atom. The van der Waals surface area contributed by atoms with E-state index in [1.807, 2.05) is 51.2 Å². The number of hydrogen-bond acceptors (Lipinski definition) is 4. The number of carbonyl (C=O) groups is 2. The molecule has 2 amide bonds. The minimum absolute atomic E-state index is 0.187. The second-order valence-corrected chi connectivity index (χ2v) is 9.81. The second-order valence-electron chi connectivity index (χ2n) is 8.23. The summed E-state index contributed by atoms with van der Waals surface area (Å²) in [5, 5.41) is 5.43. The molecule has 7 nitrogen and oxygen atoms in total. The van der Waals surface area contributed by atoms with E-state index in [1.165, 1.54) is 0 Å². The highest BCUT2D eigenvalue weighted by Gasteiger charge is 2.29. The van der Waals surface area contributed by atoms with Crippen molar-refractivity contribution in [2.45, 2.75) is 26.7 Å². The van der Waals surface area contributed by atoms with Gasteiger partial charge in [0.1, 0.15) is 7.85 Å². The normalized spacial score (nSPS) is 14.1. The average molecular weight is 506 g/mol. The molecule has 0 aliphatic rings. The lowest BCUT2D eigenvalue weighted by molar-refractivity contribution is -0.119. The zero-order chi connectivity index (χ0) is 26.7. The first-order chi connectivity index (χ1) is 17.1. The molecule has 1 unspecified atom stereocenters. The summed E-state index contributed by atoms with van der Waals surface area (Å²) in [5.74, 6) is -2.00. The molecular formula is C27H31BN2O5S. The van der Waals surface area contributed by atoms with Gasteiger partial charge < -0.3 is 10.6 Å². The Kier molecular flexibility index (Phi) is 10.9. The van der Waals surface area contributed by atoms with Crippen LogP contribution in [0, 0.1) is 5.92 Å². The van der Waals surface area contributed by atoms with Crippen LogP contribution in [0.2, 0.25) is 0 Å². The molecule has 2 atom stereocenters. The van der Waals surface area contributed by atoms with E-state index < -0.39 is 27.7 Å². The minimum atomic E-state index is -4.16. The molecule has 2 aromatic carbocycles. The van der Waals surface area contributed by atoms with Crippen LogP contribution in [0.1, 0.15) is 42.6 Å². The molecule has 0 heterocycles. The molecule has 0 spiro atoms. The number of carbonyl (C=O) groups excluding carboxylic acids is 2. The SMILES string of the molecule is [B]c1ccc(NC(=O)[C@@H](C(/C=C\C)=C/C=C\C)C(C)c2ccc(C(=O)NCCS(=O)(=O)O)cc2)cc1. The molecule has 0 bridgehead atoms. The van der Waals surface area contributed by atoms with Gasteiger partial charge in [0.15, 0.2) is 0 Å². The number of nitrogens with one attached hydrogen (secondary N) is 2. The molecular weight excluding hydrogens is 475 g/mol. The van der Waals surface area contributed by atoms with Gasteiger partial charge in [0, 0.05) is 17.8 Å². The molecule has 2 aromatic rings. The highest BCUT2D eigenvalue weighted by molar-refractivity contribution is 7.85. The summed E-state index contributed by atoms with van der Waals surface area (Å²) in [7, 11) is 1.60. The average Bonchev–Trinajstić information content (AvgIpc) is 2.83. The Hall–Kier alpha value is -3.43. The van der Waals surface area contributed by atoms with Gasteiger partial charge in [0.05, 0.1) is 11.7 Å². The van der Waals surface area contributed by atoms with Crippen LogP contribution in [0.25, 0.3) is 0 Å². The van der Waals surface area contributed by atoms with E-state index in [2.05, 4.69) is 10.6 Å². The van der Waals surface area contributed by atoms with E-state index in [-0.39, 0.29) is 18.4 Å². The maximum atomic E-state index is 13.5. The van der Waals surface area contributed by atoms with E-state index in [0.717, 1.165) is 11.1 Å². The van der Waals surface area contributed by atoms with Gasteiger partial charge in [0.25, 0.3) is 16.0 Å². The molecule has 188 valence electrons. The lowest BCUT2D eigenvalue weighted by atomic mass is 9.81. The Labute approximate surface area is 214 Å². The van der Waals surface area contributed by atoms with E-state index >= 15 is 0 Å². The molecule has 0 aliphatic heterocycles. The molecule has 0 fully saturated rings. The monoisotopic (exact) mass is 506 g/mol. The van der Waals surface area contributed by atoms with Crippen molar-refractivity contribution in [2.24, 2.45) is 5.92 Å². The van der Waals surface area contributed by atoms with Crippen molar-refractivity contribution in [1.82, 2.24) is 5.32 Å². The van der Waals surface area contributed by atoms with Crippen molar-refractivity contribution in [3.63, 3.8) is 0 Å². The number of amides is 2. The molecule has 9 heteroatoms. The zero-order valence-electron chi connectivity index (χ0n) is 20.6. The highest BCUT2D eigenvalue weighted by atomic mass is 32.2. The summed E-state index contributed by atoms with van der Waals surface area (Å²) >= 11 is 0. The van der Waals surface area contributed by atoms with Crippen LogP contribution >= 0.6 is 0 Å². The smallest absolute Gasteiger partial charge is 0.266 e. The van der Waals surface area contributed by atoms with E-state index in [1.54, 1.807) is 48.5 Å². The standard InChI is InChI=1S/C27H31BN2O5S/c1-4-6-8-21(7-5-2)25(27(32)30-24-15-13-23(28)14-16-24)19(3)20-9-11-22(12-10-20)26(31)29-17-18-36(33,34)35/h4-16,19,25H,17-18H2,1-3H3,(H,29,31)(H,30,32)(H,33,34,35)/b6-4-,7-5-,21-8+/t19?,25-/m1/s1. The first kappa shape index (κ1) is 28.8. The van der Waals surface area contributed by atoms with Crippen LogP contribution in [0.15, 0.2) is 84.5 Å². The van der Waals surface area contributed by atoms with Gasteiger partial charge in [-0.15, -0.1) is 0 Å². The van der Waals surface area contributed by atoms with Gasteiger partial charge in [-0.2, -0.15) is 8.42 Å². The Balaban J connectivity index is 2.31. The summed E-state index contributed by atoms with van der Waals surface area (Å²) in [5.41, 5.74) is 3.24. The summed E-state index contributed by atoms with van der Waals surface area (Å²) < 4.78 is 30.5. The van der Waals surface area contributed by atoms with Gasteiger partial charge in [-0.3, -0.25) is 14.1 Å². The van der Waals surface area contributed by atoms with E-state index in [9.17, 15) is 18.0 Å². The Bertz CT molecular complexity index is 1230. The first-order valence-electron chi connectivity index (χ1n) is 11.5. The van der Waals surface area contributed by atoms with Gasteiger partial charge in [0.2, 0.25) is 5.91 Å². The maximum absolute atomic E-state index is 13.5. The third kappa shape index (κ3) is 8.98. The van der Waals surface area contributed by atoms with Crippen LogP contribution in [-0.2, 0) is 14.9 Å². The summed E-state index contributed by atoms with van der Waals surface area (Å²) in [6.45, 7) is 5.53. The second kappa shape index (κ2) is 13.6. The fourth-order valence-corrected chi connectivity index (χ4v) is 4.00. The van der Waals surface area contributed by atoms with Crippen molar-refractivity contribution in [3.8, 4) is 0 Å². The fraction of sp³-hybridized carbons (Fsp3) is 0.259. The highest BCUT2D eigenvalue weighted by Crippen LogP contribution is 2.32. The quantitative estimate of drug-likeness (QED) is 0.245. The molecule has 0 saturated heterocycles. The summed E-state index contributed by atoms with van der Waals surface area (Å²) in [4.78, 5) is 25.8. The van der Waals surface area contributed by atoms with E-state index in [4.69, 9.17) is 12.4 Å². The molecule has 0 aliphatic carbocycles. The van der Waals surface area contributed by atoms with Crippen molar-refractivity contribution < 1.29 is 22.6 Å². The predicted molar refractivity (Wildman–Crippen MR) is 145 cm³/mol. The van der Waals surface area contributed by atoms with Crippen molar-refractivity contribution in [3.05, 3.63) is 95.6 Å². The summed E-state index contributed by atoms with van der Waals surface area (Å²) in [6.07, 6.45) is 9.46. The van der Waals surface area contributed by atoms with Crippen molar-refractivity contribution in [1.29, 1.82) is 0 Å². The third-order valence-electron chi connectivity index (χ3n) is 5.50. The molecule has 0 aromatic heterocycles. The lowest BCUT2D eigenvalue weighted by Crippen LogP contribution is -2.29. The Morgan fingerprint density at radius 2 is 1.67 bits per heavy atom. The molecule has 2 radical (unpaired) electrons. The van der Waals surface area contributed by atoms with Crippen LogP contribution < -0.4 is 16.1 Å². The van der Waals surface area contributed by atoms with Crippen molar-refractivity contribution in [2.75, 3.05) is 17.6 Å². The number of allylic oxidation sites excluding steroid dienone is 5. The number of hydrogen-bond donors (Lipinski definition) is 3. The Morgan fingerprint density at radius 3 is 2.22 bits per heavy atom. The summed E-state index contributed by atoms with van der Waals surface area (Å²) in [6, 6.07) is 13.7. The van der Waals surface area contributed by atoms with Crippen LogP contribution in [0.5, 0.6) is 0 Å². The zero-order valence-corrected chi connectivity index (χ0v) is 21.5. The van der Waals surface area contributed by atoms with Gasteiger partial charge in [-0.05, 0) is 55.2 Å². The van der Waals surface area contributed by atoms with Gasteiger partial charge in [-0.25, -0.2) is 0 Å². The predicted octanol–water partition coefficient (Wildman–Crippen LogP) is 3.54. The number of anilines is 1. The van der Waals surface area contributed by atoms with Crippen molar-refractivity contribution >= 4 is 40.9 Å². The molecule has 36 heavy (non-hydrogen) atoms. The third-order valence-corrected chi connectivity index (χ3v) is 6.22. The topological polar surface area (TPSA) is 113 Å². The van der Waals surface area contributed by atoms with Gasteiger partial charge >= 0.3 is 0 Å². The lowest BCUT2D eigenvalue weighted by Gasteiger charge is -2.25. The molecule has 2 rings (SSSR count). The maximum Gasteiger partial charge on any atom is 0.266 e. The van der Waals surface area contributed by atoms with Crippen LogP contribution in [0.3, 0.4) is 0 Å². The van der Waals surface area contributed by atoms with Crippen LogP contribution in [-0.4, -0.2) is 44.9 Å². The first-order valence-corrected chi connectivity index (χ1v) is 13.1. The largest absolute Gasteiger partial charge is 0.351 e. The molecule has 0 saturated carbocycles. The fourth-order valence-electron chi connectivity index (χ4n) is 3.64. The number of benzene rings is 2. The van der Waals surface area contributed by atoms with Gasteiger partial charge in [-0.1, -0.05) is 67.0 Å². The number of rotatable bonds is 11. The van der Waals surface area contributed by atoms with E-state index in [0.29, 0.717) is 16.7 Å². The minimum Gasteiger partial charge on any atom is -0.351 e. The molecule has 3 N–H and O–H groups in total. The van der Waals surface area contributed by atoms with Crippen LogP contribution in [0.4, 0.5) is 5.69 Å².